The van der Waals surface area contributed by atoms with Crippen molar-refractivity contribution in [3.8, 4) is 0 Å². The SMILES string of the molecule is CCN(CC)C(=O)C(C)NC(=O)c1ccc(N)c(Cl)c1. The van der Waals surface area contributed by atoms with Gasteiger partial charge in [0.2, 0.25) is 5.91 Å². The molecular weight excluding hydrogens is 278 g/mol. The number of nitrogen functional groups attached to an aromatic ring is 1. The van der Waals surface area contributed by atoms with Gasteiger partial charge in [0, 0.05) is 18.7 Å². The van der Waals surface area contributed by atoms with Crippen LogP contribution in [0.3, 0.4) is 0 Å². The van der Waals surface area contributed by atoms with Gasteiger partial charge in [-0.3, -0.25) is 9.59 Å². The second kappa shape index (κ2) is 7.14. The summed E-state index contributed by atoms with van der Waals surface area (Å²) in [6.07, 6.45) is 0. The summed E-state index contributed by atoms with van der Waals surface area (Å²) in [5, 5.41) is 2.98. The van der Waals surface area contributed by atoms with Crippen LogP contribution >= 0.6 is 11.6 Å². The molecule has 0 fully saturated rings. The number of anilines is 1. The number of likely N-dealkylation sites (N-methyl/N-ethyl adjacent to an activating group) is 1. The van der Waals surface area contributed by atoms with E-state index in [0.29, 0.717) is 29.4 Å². The highest BCUT2D eigenvalue weighted by Gasteiger charge is 2.20. The Bertz CT molecular complexity index is 501. The largest absolute Gasteiger partial charge is 0.398 e. The predicted molar refractivity (Wildman–Crippen MR) is 80.7 cm³/mol. The monoisotopic (exact) mass is 297 g/mol. The smallest absolute Gasteiger partial charge is 0.251 e. The normalized spacial score (nSPS) is 11.8. The van der Waals surface area contributed by atoms with Crippen LogP contribution in [0.2, 0.25) is 5.02 Å². The fraction of sp³-hybridized carbons (Fsp3) is 0.429. The second-order valence-electron chi connectivity index (χ2n) is 4.44. The molecule has 1 rings (SSSR count). The van der Waals surface area contributed by atoms with Crippen LogP contribution in [0, 0.1) is 0 Å². The molecule has 20 heavy (non-hydrogen) atoms. The van der Waals surface area contributed by atoms with Crippen LogP contribution < -0.4 is 11.1 Å². The van der Waals surface area contributed by atoms with Gasteiger partial charge in [0.15, 0.2) is 0 Å². The molecule has 2 amide bonds. The average molecular weight is 298 g/mol. The zero-order valence-electron chi connectivity index (χ0n) is 11.9. The van der Waals surface area contributed by atoms with Gasteiger partial charge < -0.3 is 16.0 Å². The minimum Gasteiger partial charge on any atom is -0.398 e. The summed E-state index contributed by atoms with van der Waals surface area (Å²) in [5.41, 5.74) is 6.38. The highest BCUT2D eigenvalue weighted by molar-refractivity contribution is 6.33. The summed E-state index contributed by atoms with van der Waals surface area (Å²) in [4.78, 5) is 25.8. The number of amides is 2. The molecule has 0 aromatic heterocycles. The molecule has 6 heteroatoms. The molecule has 3 N–H and O–H groups in total. The highest BCUT2D eigenvalue weighted by atomic mass is 35.5. The van der Waals surface area contributed by atoms with E-state index in [1.807, 2.05) is 13.8 Å². The van der Waals surface area contributed by atoms with E-state index in [9.17, 15) is 9.59 Å². The number of nitrogens with one attached hydrogen (secondary N) is 1. The quantitative estimate of drug-likeness (QED) is 0.815. The van der Waals surface area contributed by atoms with E-state index in [-0.39, 0.29) is 11.8 Å². The van der Waals surface area contributed by atoms with Crippen molar-refractivity contribution in [3.63, 3.8) is 0 Å². The molecule has 0 heterocycles. The third-order valence-corrected chi connectivity index (χ3v) is 3.38. The lowest BCUT2D eigenvalue weighted by atomic mass is 10.1. The molecule has 1 aromatic rings. The maximum absolute atomic E-state index is 12.1. The molecule has 0 aliphatic rings. The molecule has 1 unspecified atom stereocenters. The standard InChI is InChI=1S/C14H20ClN3O2/c1-4-18(5-2)14(20)9(3)17-13(19)10-6-7-12(16)11(15)8-10/h6-9H,4-5,16H2,1-3H3,(H,17,19). The molecule has 110 valence electrons. The number of hydrogen-bond acceptors (Lipinski definition) is 3. The molecule has 1 aromatic carbocycles. The van der Waals surface area contributed by atoms with Crippen LogP contribution in [0.25, 0.3) is 0 Å². The summed E-state index contributed by atoms with van der Waals surface area (Å²) < 4.78 is 0. The highest BCUT2D eigenvalue weighted by Crippen LogP contribution is 2.19. The summed E-state index contributed by atoms with van der Waals surface area (Å²) >= 11 is 5.87. The molecule has 5 nitrogen and oxygen atoms in total. The van der Waals surface area contributed by atoms with Gasteiger partial charge in [-0.15, -0.1) is 0 Å². The Morgan fingerprint density at radius 1 is 1.35 bits per heavy atom. The zero-order valence-corrected chi connectivity index (χ0v) is 12.7. The van der Waals surface area contributed by atoms with E-state index in [1.54, 1.807) is 24.0 Å². The molecule has 0 bridgehead atoms. The van der Waals surface area contributed by atoms with Gasteiger partial charge in [0.1, 0.15) is 6.04 Å². The van der Waals surface area contributed by atoms with Gasteiger partial charge in [0.05, 0.1) is 10.7 Å². The van der Waals surface area contributed by atoms with E-state index in [1.165, 1.54) is 6.07 Å². The van der Waals surface area contributed by atoms with E-state index >= 15 is 0 Å². The number of nitrogens with zero attached hydrogens (tertiary/aromatic N) is 1. The molecule has 0 radical (unpaired) electrons. The first kappa shape index (κ1) is 16.3. The van der Waals surface area contributed by atoms with Gasteiger partial charge in [-0.25, -0.2) is 0 Å². The van der Waals surface area contributed by atoms with E-state index < -0.39 is 6.04 Å². The van der Waals surface area contributed by atoms with Crippen molar-refractivity contribution >= 4 is 29.1 Å². The molecule has 0 aliphatic carbocycles. The fourth-order valence-electron chi connectivity index (χ4n) is 1.82. The van der Waals surface area contributed by atoms with E-state index in [4.69, 9.17) is 17.3 Å². The van der Waals surface area contributed by atoms with Crippen molar-refractivity contribution in [1.29, 1.82) is 0 Å². The Labute approximate surface area is 124 Å². The molecular formula is C14H20ClN3O2. The van der Waals surface area contributed by atoms with Crippen LogP contribution in [0.1, 0.15) is 31.1 Å². The third-order valence-electron chi connectivity index (χ3n) is 3.06. The number of hydrogen-bond donors (Lipinski definition) is 2. The number of halogens is 1. The number of carbonyl (C=O) groups excluding carboxylic acids is 2. The maximum atomic E-state index is 12.1. The topological polar surface area (TPSA) is 75.4 Å². The van der Waals surface area contributed by atoms with Gasteiger partial charge in [-0.05, 0) is 39.0 Å². The molecule has 0 saturated carbocycles. The van der Waals surface area contributed by atoms with Crippen LogP contribution in [-0.2, 0) is 4.79 Å². The Morgan fingerprint density at radius 2 is 1.95 bits per heavy atom. The lowest BCUT2D eigenvalue weighted by Gasteiger charge is -2.23. The number of rotatable bonds is 5. The van der Waals surface area contributed by atoms with Gasteiger partial charge >= 0.3 is 0 Å². The van der Waals surface area contributed by atoms with Crippen LogP contribution in [-0.4, -0.2) is 35.8 Å². The Hall–Kier alpha value is -1.75. The first-order valence-corrected chi connectivity index (χ1v) is 6.93. The summed E-state index contributed by atoms with van der Waals surface area (Å²) in [5.74, 6) is -0.454. The molecule has 0 aliphatic heterocycles. The number of carbonyl (C=O) groups is 2. The van der Waals surface area contributed by atoms with Crippen molar-refractivity contribution in [1.82, 2.24) is 10.2 Å². The van der Waals surface area contributed by atoms with Crippen molar-refractivity contribution in [3.05, 3.63) is 28.8 Å². The third kappa shape index (κ3) is 3.87. The first-order valence-electron chi connectivity index (χ1n) is 6.55. The Morgan fingerprint density at radius 3 is 2.45 bits per heavy atom. The predicted octanol–water partition coefficient (Wildman–Crippen LogP) is 1.91. The van der Waals surface area contributed by atoms with Crippen molar-refractivity contribution < 1.29 is 9.59 Å². The molecule has 0 saturated heterocycles. The zero-order chi connectivity index (χ0) is 15.3. The van der Waals surface area contributed by atoms with Crippen molar-refractivity contribution in [2.75, 3.05) is 18.8 Å². The molecule has 1 atom stereocenters. The summed E-state index contributed by atoms with van der Waals surface area (Å²) in [7, 11) is 0. The minimum absolute atomic E-state index is 0.107. The summed E-state index contributed by atoms with van der Waals surface area (Å²) in [6.45, 7) is 6.69. The van der Waals surface area contributed by atoms with Crippen LogP contribution in [0.15, 0.2) is 18.2 Å². The van der Waals surface area contributed by atoms with Gasteiger partial charge in [-0.2, -0.15) is 0 Å². The van der Waals surface area contributed by atoms with E-state index in [2.05, 4.69) is 5.32 Å². The Balaban J connectivity index is 2.74. The average Bonchev–Trinajstić information content (AvgIpc) is 2.42. The number of benzene rings is 1. The minimum atomic E-state index is -0.585. The lowest BCUT2D eigenvalue weighted by Crippen LogP contribution is -2.46. The van der Waals surface area contributed by atoms with E-state index in [0.717, 1.165) is 0 Å². The Kier molecular flexibility index (Phi) is 5.82. The van der Waals surface area contributed by atoms with Gasteiger partial charge in [-0.1, -0.05) is 11.6 Å². The summed E-state index contributed by atoms with van der Waals surface area (Å²) in [6, 6.07) is 4.04. The maximum Gasteiger partial charge on any atom is 0.251 e. The van der Waals surface area contributed by atoms with Crippen LogP contribution in [0.5, 0.6) is 0 Å². The lowest BCUT2D eigenvalue weighted by molar-refractivity contribution is -0.132. The first-order chi connectivity index (χ1) is 9.40. The van der Waals surface area contributed by atoms with Crippen molar-refractivity contribution in [2.24, 2.45) is 0 Å². The number of nitrogens with two attached hydrogens (primary N) is 1. The van der Waals surface area contributed by atoms with Crippen LogP contribution in [0.4, 0.5) is 5.69 Å². The molecule has 0 spiro atoms. The van der Waals surface area contributed by atoms with Crippen molar-refractivity contribution in [2.45, 2.75) is 26.8 Å². The van der Waals surface area contributed by atoms with Gasteiger partial charge in [0.25, 0.3) is 5.91 Å². The second-order valence-corrected chi connectivity index (χ2v) is 4.85. The fourth-order valence-corrected chi connectivity index (χ4v) is 2.00.